The number of likely N-dealkylation sites (tertiary alicyclic amines) is 1. The van der Waals surface area contributed by atoms with Gasteiger partial charge in [-0.15, -0.1) is 0 Å². The Balaban J connectivity index is 1.60. The van der Waals surface area contributed by atoms with Crippen LogP contribution >= 0.6 is 0 Å². The lowest BCUT2D eigenvalue weighted by molar-refractivity contribution is -0.136. The summed E-state index contributed by atoms with van der Waals surface area (Å²) in [5.41, 5.74) is 2.32. The van der Waals surface area contributed by atoms with Gasteiger partial charge in [0.25, 0.3) is 0 Å². The Morgan fingerprint density at radius 2 is 2.17 bits per heavy atom. The summed E-state index contributed by atoms with van der Waals surface area (Å²) in [7, 11) is 1.51. The Morgan fingerprint density at radius 3 is 2.93 bits per heavy atom. The number of methoxy groups -OCH3 is 1. The van der Waals surface area contributed by atoms with E-state index < -0.39 is 0 Å². The zero-order valence-electron chi connectivity index (χ0n) is 17.2. The average Bonchev–Trinajstić information content (AvgIpc) is 3.04. The third-order valence-corrected chi connectivity index (χ3v) is 5.73. The molecular formula is C22H25FN4O3. The standard InChI is InChI=1S/C22H25FN4O3/c1-14-18-10-19(28)27(11-15-5-3-7-17(23)9-15)22(18)25-21(24-14)16-6-4-8-26(12-16)20(29)13-30-2/h3,5,7,9,16H,4,6,8,10-13H2,1-2H3. The molecule has 8 heteroatoms. The molecule has 2 aliphatic rings. The molecule has 2 aromatic rings. The van der Waals surface area contributed by atoms with Crippen molar-refractivity contribution < 1.29 is 18.7 Å². The van der Waals surface area contributed by atoms with Crippen LogP contribution in [-0.2, 0) is 27.3 Å². The molecule has 0 spiro atoms. The van der Waals surface area contributed by atoms with E-state index in [2.05, 4.69) is 4.98 Å². The highest BCUT2D eigenvalue weighted by atomic mass is 19.1. The van der Waals surface area contributed by atoms with Crippen LogP contribution in [0.2, 0.25) is 0 Å². The lowest BCUT2D eigenvalue weighted by atomic mass is 9.96. The molecule has 0 saturated carbocycles. The summed E-state index contributed by atoms with van der Waals surface area (Å²) in [6.07, 6.45) is 2.00. The summed E-state index contributed by atoms with van der Waals surface area (Å²) in [5, 5.41) is 0. The fourth-order valence-corrected chi connectivity index (χ4v) is 4.19. The average molecular weight is 412 g/mol. The van der Waals surface area contributed by atoms with Crippen molar-refractivity contribution in [3.63, 3.8) is 0 Å². The molecule has 1 fully saturated rings. The van der Waals surface area contributed by atoms with E-state index in [9.17, 15) is 14.0 Å². The molecule has 1 atom stereocenters. The Morgan fingerprint density at radius 1 is 1.33 bits per heavy atom. The van der Waals surface area contributed by atoms with Crippen LogP contribution < -0.4 is 4.90 Å². The molecule has 4 rings (SSSR count). The van der Waals surface area contributed by atoms with E-state index in [1.165, 1.54) is 19.2 Å². The largest absolute Gasteiger partial charge is 0.375 e. The van der Waals surface area contributed by atoms with Gasteiger partial charge in [0.15, 0.2) is 0 Å². The van der Waals surface area contributed by atoms with Gasteiger partial charge in [-0.3, -0.25) is 14.5 Å². The maximum absolute atomic E-state index is 13.6. The molecule has 2 amide bonds. The summed E-state index contributed by atoms with van der Waals surface area (Å²) >= 11 is 0. The Hall–Kier alpha value is -2.87. The number of rotatable bonds is 5. The molecule has 1 unspecified atom stereocenters. The lowest BCUT2D eigenvalue weighted by Gasteiger charge is -2.32. The number of halogens is 1. The SMILES string of the molecule is COCC(=O)N1CCCC(c2nc(C)c3c(n2)N(Cc2cccc(F)c2)C(=O)C3)C1. The maximum atomic E-state index is 13.6. The van der Waals surface area contributed by atoms with Gasteiger partial charge in [-0.2, -0.15) is 0 Å². The van der Waals surface area contributed by atoms with Crippen LogP contribution in [0, 0.1) is 12.7 Å². The molecular weight excluding hydrogens is 387 g/mol. The van der Waals surface area contributed by atoms with Crippen LogP contribution in [0.15, 0.2) is 24.3 Å². The Kier molecular flexibility index (Phi) is 5.76. The van der Waals surface area contributed by atoms with Crippen molar-refractivity contribution >= 4 is 17.6 Å². The van der Waals surface area contributed by atoms with E-state index in [-0.39, 0.29) is 43.1 Å². The van der Waals surface area contributed by atoms with E-state index in [4.69, 9.17) is 9.72 Å². The van der Waals surface area contributed by atoms with E-state index >= 15 is 0 Å². The van der Waals surface area contributed by atoms with Gasteiger partial charge in [0.2, 0.25) is 11.8 Å². The smallest absolute Gasteiger partial charge is 0.248 e. The second-order valence-corrected chi connectivity index (χ2v) is 7.87. The first-order valence-corrected chi connectivity index (χ1v) is 10.1. The summed E-state index contributed by atoms with van der Waals surface area (Å²) < 4.78 is 18.6. The van der Waals surface area contributed by atoms with E-state index in [0.717, 1.165) is 24.1 Å². The highest BCUT2D eigenvalue weighted by Crippen LogP contribution is 2.33. The minimum atomic E-state index is -0.332. The molecule has 0 aliphatic carbocycles. The van der Waals surface area contributed by atoms with E-state index in [1.54, 1.807) is 21.9 Å². The van der Waals surface area contributed by atoms with Gasteiger partial charge in [0.1, 0.15) is 24.1 Å². The van der Waals surface area contributed by atoms with Crippen LogP contribution in [0.5, 0.6) is 0 Å². The highest BCUT2D eigenvalue weighted by molar-refractivity contribution is 6.00. The molecule has 158 valence electrons. The van der Waals surface area contributed by atoms with Gasteiger partial charge in [-0.25, -0.2) is 14.4 Å². The summed E-state index contributed by atoms with van der Waals surface area (Å²) in [6.45, 7) is 3.46. The van der Waals surface area contributed by atoms with Gasteiger partial charge in [0, 0.05) is 37.4 Å². The van der Waals surface area contributed by atoms with Crippen LogP contribution in [0.4, 0.5) is 10.2 Å². The van der Waals surface area contributed by atoms with Crippen molar-refractivity contribution in [1.29, 1.82) is 0 Å². The zero-order chi connectivity index (χ0) is 21.3. The van der Waals surface area contributed by atoms with Crippen molar-refractivity contribution in [2.75, 3.05) is 31.7 Å². The number of amides is 2. The molecule has 7 nitrogen and oxygen atoms in total. The number of carbonyl (C=O) groups is 2. The molecule has 0 bridgehead atoms. The summed E-state index contributed by atoms with van der Waals surface area (Å²) in [6, 6.07) is 6.24. The quantitative estimate of drug-likeness (QED) is 0.754. The molecule has 0 N–H and O–H groups in total. The molecule has 0 radical (unpaired) electrons. The minimum Gasteiger partial charge on any atom is -0.375 e. The summed E-state index contributed by atoms with van der Waals surface area (Å²) in [5.74, 6) is 0.830. The Labute approximate surface area is 174 Å². The second kappa shape index (κ2) is 8.47. The monoisotopic (exact) mass is 412 g/mol. The number of piperidine rings is 1. The van der Waals surface area contributed by atoms with Crippen LogP contribution in [0.1, 0.15) is 41.4 Å². The van der Waals surface area contributed by atoms with Crippen molar-refractivity contribution in [3.8, 4) is 0 Å². The third-order valence-electron chi connectivity index (χ3n) is 5.73. The fraction of sp³-hybridized carbons (Fsp3) is 0.455. The minimum absolute atomic E-state index is 0.00952. The number of hydrogen-bond acceptors (Lipinski definition) is 5. The first-order chi connectivity index (χ1) is 14.5. The molecule has 1 aromatic carbocycles. The molecule has 1 aromatic heterocycles. The fourth-order valence-electron chi connectivity index (χ4n) is 4.19. The van der Waals surface area contributed by atoms with Gasteiger partial charge in [-0.05, 0) is 37.5 Å². The van der Waals surface area contributed by atoms with Gasteiger partial charge in [0.05, 0.1) is 13.0 Å². The predicted octanol–water partition coefficient (Wildman–Crippen LogP) is 2.37. The predicted molar refractivity (Wildman–Crippen MR) is 108 cm³/mol. The molecule has 1 saturated heterocycles. The van der Waals surface area contributed by atoms with E-state index in [1.807, 2.05) is 6.92 Å². The van der Waals surface area contributed by atoms with Crippen molar-refractivity contribution in [3.05, 3.63) is 52.7 Å². The second-order valence-electron chi connectivity index (χ2n) is 7.87. The van der Waals surface area contributed by atoms with Crippen molar-refractivity contribution in [2.45, 2.75) is 38.6 Å². The van der Waals surface area contributed by atoms with Gasteiger partial charge < -0.3 is 9.64 Å². The zero-order valence-corrected chi connectivity index (χ0v) is 17.2. The lowest BCUT2D eigenvalue weighted by Crippen LogP contribution is -2.41. The van der Waals surface area contributed by atoms with Gasteiger partial charge in [-0.1, -0.05) is 12.1 Å². The first kappa shape index (κ1) is 20.4. The first-order valence-electron chi connectivity index (χ1n) is 10.1. The topological polar surface area (TPSA) is 75.6 Å². The maximum Gasteiger partial charge on any atom is 0.248 e. The number of ether oxygens (including phenoxy) is 1. The van der Waals surface area contributed by atoms with Gasteiger partial charge >= 0.3 is 0 Å². The highest BCUT2D eigenvalue weighted by Gasteiger charge is 2.34. The van der Waals surface area contributed by atoms with Crippen LogP contribution in [-0.4, -0.2) is 53.5 Å². The summed E-state index contributed by atoms with van der Waals surface area (Å²) in [4.78, 5) is 37.7. The molecule has 3 heterocycles. The number of fused-ring (bicyclic) bond motifs is 1. The number of aryl methyl sites for hydroxylation is 1. The molecule has 2 aliphatic heterocycles. The Bertz CT molecular complexity index is 981. The molecule has 30 heavy (non-hydrogen) atoms. The van der Waals surface area contributed by atoms with Crippen molar-refractivity contribution in [1.82, 2.24) is 14.9 Å². The van der Waals surface area contributed by atoms with E-state index in [0.29, 0.717) is 30.3 Å². The number of benzene rings is 1. The van der Waals surface area contributed by atoms with Crippen molar-refractivity contribution in [2.24, 2.45) is 0 Å². The number of nitrogens with zero attached hydrogens (tertiary/aromatic N) is 4. The number of anilines is 1. The van der Waals surface area contributed by atoms with Crippen LogP contribution in [0.25, 0.3) is 0 Å². The third kappa shape index (κ3) is 4.05. The number of hydrogen-bond donors (Lipinski definition) is 0. The normalized spacial score (nSPS) is 18.6. The number of carbonyl (C=O) groups excluding carboxylic acids is 2. The van der Waals surface area contributed by atoms with Crippen LogP contribution in [0.3, 0.4) is 0 Å². The number of aromatic nitrogens is 2.